The fraction of sp³-hybridized carbons (Fsp3) is 0.417. The van der Waals surface area contributed by atoms with Crippen LogP contribution < -0.4 is 15.4 Å². The summed E-state index contributed by atoms with van der Waals surface area (Å²) in [6.07, 6.45) is 3.18. The lowest BCUT2D eigenvalue weighted by molar-refractivity contribution is 0.415. The number of hydrogen-bond acceptors (Lipinski definition) is 3. The highest BCUT2D eigenvalue weighted by molar-refractivity contribution is 7.98. The molecule has 0 atom stereocenters. The summed E-state index contributed by atoms with van der Waals surface area (Å²) >= 11 is 13.0. The summed E-state index contributed by atoms with van der Waals surface area (Å²) in [6.45, 7) is 0.872. The van der Waals surface area contributed by atoms with E-state index in [1.54, 1.807) is 19.2 Å². The van der Waals surface area contributed by atoms with Gasteiger partial charge >= 0.3 is 0 Å². The maximum Gasteiger partial charge on any atom is 0.170 e. The van der Waals surface area contributed by atoms with Crippen LogP contribution in [0.4, 0.5) is 5.69 Å². The fourth-order valence-corrected chi connectivity index (χ4v) is 2.25. The molecule has 0 saturated heterocycles. The molecular formula is C12H17ClN2OS2. The monoisotopic (exact) mass is 304 g/mol. The van der Waals surface area contributed by atoms with Gasteiger partial charge in [-0.1, -0.05) is 11.6 Å². The normalized spacial score (nSPS) is 9.94. The number of halogens is 1. The molecule has 0 aliphatic heterocycles. The summed E-state index contributed by atoms with van der Waals surface area (Å²) in [4.78, 5) is 0. The van der Waals surface area contributed by atoms with Crippen LogP contribution in [0.25, 0.3) is 0 Å². The minimum atomic E-state index is 0.563. The van der Waals surface area contributed by atoms with Crippen LogP contribution in [0.15, 0.2) is 18.2 Å². The molecule has 2 N–H and O–H groups in total. The molecule has 0 unspecified atom stereocenters. The Balaban J connectivity index is 2.42. The molecule has 0 fully saturated rings. The summed E-state index contributed by atoms with van der Waals surface area (Å²) in [7, 11) is 1.59. The summed E-state index contributed by atoms with van der Waals surface area (Å²) in [5, 5.41) is 7.40. The van der Waals surface area contributed by atoms with Gasteiger partial charge in [-0.2, -0.15) is 11.8 Å². The van der Waals surface area contributed by atoms with Gasteiger partial charge in [0.2, 0.25) is 0 Å². The summed E-state index contributed by atoms with van der Waals surface area (Å²) in [5.41, 5.74) is 0.850. The van der Waals surface area contributed by atoms with E-state index in [1.807, 2.05) is 17.8 Å². The van der Waals surface area contributed by atoms with E-state index in [1.165, 1.54) is 0 Å². The zero-order valence-corrected chi connectivity index (χ0v) is 12.8. The quantitative estimate of drug-likeness (QED) is 0.622. The van der Waals surface area contributed by atoms with Crippen molar-refractivity contribution in [3.8, 4) is 5.75 Å². The lowest BCUT2D eigenvalue weighted by Crippen LogP contribution is -2.29. The molecular weight excluding hydrogens is 288 g/mol. The molecule has 0 heterocycles. The molecule has 0 saturated carbocycles. The average molecular weight is 305 g/mol. The highest BCUT2D eigenvalue weighted by Gasteiger charge is 2.02. The largest absolute Gasteiger partial charge is 0.495 e. The van der Waals surface area contributed by atoms with Gasteiger partial charge in [-0.15, -0.1) is 0 Å². The van der Waals surface area contributed by atoms with E-state index in [4.69, 9.17) is 28.6 Å². The first-order valence-corrected chi connectivity index (χ1v) is 7.72. The van der Waals surface area contributed by atoms with Gasteiger partial charge in [0.15, 0.2) is 5.11 Å². The van der Waals surface area contributed by atoms with Crippen molar-refractivity contribution in [1.29, 1.82) is 0 Å². The Morgan fingerprint density at radius 3 is 2.89 bits per heavy atom. The van der Waals surface area contributed by atoms with Gasteiger partial charge in [0.25, 0.3) is 0 Å². The minimum Gasteiger partial charge on any atom is -0.495 e. The molecule has 100 valence electrons. The first-order valence-electron chi connectivity index (χ1n) is 5.54. The third-order valence-electron chi connectivity index (χ3n) is 2.22. The molecule has 1 rings (SSSR count). The lowest BCUT2D eigenvalue weighted by Gasteiger charge is -2.11. The first-order chi connectivity index (χ1) is 8.67. The standard InChI is InChI=1S/C12H17ClN2OS2/c1-16-11-5-4-9(8-10(11)13)15-12(17)14-6-3-7-18-2/h4-5,8H,3,6-7H2,1-2H3,(H2,14,15,17). The third kappa shape index (κ3) is 5.33. The van der Waals surface area contributed by atoms with Crippen LogP contribution in [0.3, 0.4) is 0 Å². The first kappa shape index (κ1) is 15.4. The number of anilines is 1. The minimum absolute atomic E-state index is 0.563. The Hall–Kier alpha value is -0.650. The van der Waals surface area contributed by atoms with Gasteiger partial charge in [0.1, 0.15) is 5.75 Å². The van der Waals surface area contributed by atoms with Crippen molar-refractivity contribution in [1.82, 2.24) is 5.32 Å². The second kappa shape index (κ2) is 8.45. The van der Waals surface area contributed by atoms with E-state index in [0.29, 0.717) is 15.9 Å². The van der Waals surface area contributed by atoms with E-state index < -0.39 is 0 Å². The highest BCUT2D eigenvalue weighted by atomic mass is 35.5. The van der Waals surface area contributed by atoms with E-state index in [0.717, 1.165) is 24.4 Å². The predicted molar refractivity (Wildman–Crippen MR) is 85.2 cm³/mol. The van der Waals surface area contributed by atoms with Crippen molar-refractivity contribution in [2.75, 3.05) is 31.0 Å². The van der Waals surface area contributed by atoms with Gasteiger partial charge in [-0.25, -0.2) is 0 Å². The Morgan fingerprint density at radius 2 is 2.28 bits per heavy atom. The lowest BCUT2D eigenvalue weighted by atomic mass is 10.3. The zero-order valence-electron chi connectivity index (χ0n) is 10.5. The van der Waals surface area contributed by atoms with Crippen LogP contribution in [-0.4, -0.2) is 30.8 Å². The predicted octanol–water partition coefficient (Wildman–Crippen LogP) is 3.39. The Kier molecular flexibility index (Phi) is 7.23. The van der Waals surface area contributed by atoms with Crippen molar-refractivity contribution in [3.05, 3.63) is 23.2 Å². The highest BCUT2D eigenvalue weighted by Crippen LogP contribution is 2.27. The Labute approximate surface area is 123 Å². The van der Waals surface area contributed by atoms with Crippen molar-refractivity contribution in [2.24, 2.45) is 0 Å². The second-order valence-electron chi connectivity index (χ2n) is 3.58. The summed E-state index contributed by atoms with van der Waals surface area (Å²) < 4.78 is 5.09. The van der Waals surface area contributed by atoms with Crippen LogP contribution in [0, 0.1) is 0 Å². The molecule has 1 aromatic carbocycles. The van der Waals surface area contributed by atoms with E-state index in [-0.39, 0.29) is 0 Å². The van der Waals surface area contributed by atoms with Crippen LogP contribution >= 0.6 is 35.6 Å². The molecule has 0 amide bonds. The molecule has 0 aromatic heterocycles. The number of rotatable bonds is 6. The molecule has 3 nitrogen and oxygen atoms in total. The number of thiocarbonyl (C=S) groups is 1. The van der Waals surface area contributed by atoms with Crippen LogP contribution in [-0.2, 0) is 0 Å². The zero-order chi connectivity index (χ0) is 13.4. The molecule has 0 bridgehead atoms. The van der Waals surface area contributed by atoms with Gasteiger partial charge < -0.3 is 15.4 Å². The van der Waals surface area contributed by atoms with Gasteiger partial charge in [-0.05, 0) is 48.8 Å². The number of methoxy groups -OCH3 is 1. The number of nitrogens with one attached hydrogen (secondary N) is 2. The summed E-state index contributed by atoms with van der Waals surface area (Å²) in [5.74, 6) is 1.78. The second-order valence-corrected chi connectivity index (χ2v) is 5.38. The molecule has 6 heteroatoms. The SMILES string of the molecule is COc1ccc(NC(=S)NCCCSC)cc1Cl. The maximum atomic E-state index is 6.03. The maximum absolute atomic E-state index is 6.03. The number of ether oxygens (including phenoxy) is 1. The van der Waals surface area contributed by atoms with Crippen molar-refractivity contribution in [2.45, 2.75) is 6.42 Å². The van der Waals surface area contributed by atoms with Gasteiger partial charge in [0.05, 0.1) is 12.1 Å². The number of thioether (sulfide) groups is 1. The van der Waals surface area contributed by atoms with E-state index >= 15 is 0 Å². The van der Waals surface area contributed by atoms with Crippen molar-refractivity contribution in [3.63, 3.8) is 0 Å². The number of hydrogen-bond donors (Lipinski definition) is 2. The molecule has 0 aliphatic carbocycles. The fourth-order valence-electron chi connectivity index (χ4n) is 1.34. The van der Waals surface area contributed by atoms with Crippen molar-refractivity contribution < 1.29 is 4.74 Å². The topological polar surface area (TPSA) is 33.3 Å². The Morgan fingerprint density at radius 1 is 1.50 bits per heavy atom. The van der Waals surface area contributed by atoms with Crippen LogP contribution in [0.5, 0.6) is 5.75 Å². The van der Waals surface area contributed by atoms with Gasteiger partial charge in [-0.3, -0.25) is 0 Å². The summed E-state index contributed by atoms with van der Waals surface area (Å²) in [6, 6.07) is 5.47. The third-order valence-corrected chi connectivity index (χ3v) is 3.46. The molecule has 0 spiro atoms. The van der Waals surface area contributed by atoms with Crippen LogP contribution in [0.2, 0.25) is 5.02 Å². The molecule has 1 aromatic rings. The smallest absolute Gasteiger partial charge is 0.170 e. The van der Waals surface area contributed by atoms with E-state index in [2.05, 4.69) is 16.9 Å². The molecule has 18 heavy (non-hydrogen) atoms. The van der Waals surface area contributed by atoms with Crippen LogP contribution in [0.1, 0.15) is 6.42 Å². The molecule has 0 radical (unpaired) electrons. The Bertz CT molecular complexity index is 402. The average Bonchev–Trinajstić information content (AvgIpc) is 2.35. The van der Waals surface area contributed by atoms with E-state index in [9.17, 15) is 0 Å². The van der Waals surface area contributed by atoms with Gasteiger partial charge in [0, 0.05) is 12.2 Å². The van der Waals surface area contributed by atoms with Crippen molar-refractivity contribution >= 4 is 46.4 Å². The molecule has 0 aliphatic rings. The number of benzene rings is 1.